The minimum atomic E-state index is -0.372. The van der Waals surface area contributed by atoms with Crippen molar-refractivity contribution in [3.63, 3.8) is 0 Å². The van der Waals surface area contributed by atoms with Crippen LogP contribution in [0, 0.1) is 11.3 Å². The van der Waals surface area contributed by atoms with Gasteiger partial charge in [0.1, 0.15) is 6.07 Å². The molecule has 5 rings (SSSR count). The molecule has 2 aliphatic rings. The summed E-state index contributed by atoms with van der Waals surface area (Å²) in [6.45, 7) is 3.57. The highest BCUT2D eigenvalue weighted by Crippen LogP contribution is 2.38. The van der Waals surface area contributed by atoms with Gasteiger partial charge < -0.3 is 29.3 Å². The molecule has 10 heteroatoms. The molecule has 2 amide bonds. The zero-order valence-corrected chi connectivity index (χ0v) is 24.8. The lowest BCUT2D eigenvalue weighted by atomic mass is 10.1. The second-order valence-corrected chi connectivity index (χ2v) is 10.7. The maximum atomic E-state index is 14.0. The number of piperazine rings is 1. The van der Waals surface area contributed by atoms with E-state index in [1.54, 1.807) is 12.1 Å². The van der Waals surface area contributed by atoms with Crippen LogP contribution in [0.2, 0.25) is 0 Å². The summed E-state index contributed by atoms with van der Waals surface area (Å²) in [5.41, 5.74) is 3.03. The topological polar surface area (TPSA) is 107 Å². The van der Waals surface area contributed by atoms with Gasteiger partial charge in [0.15, 0.2) is 11.5 Å². The smallest absolute Gasteiger partial charge is 0.251 e. The summed E-state index contributed by atoms with van der Waals surface area (Å²) in [5, 5.41) is 12.7. The van der Waals surface area contributed by atoms with E-state index in [1.165, 1.54) is 21.3 Å². The zero-order valence-electron chi connectivity index (χ0n) is 24.8. The Kier molecular flexibility index (Phi) is 9.32. The Morgan fingerprint density at radius 3 is 2.19 bits per heavy atom. The summed E-state index contributed by atoms with van der Waals surface area (Å²) in [4.78, 5) is 33.6. The first-order valence-electron chi connectivity index (χ1n) is 14.4. The molecule has 3 aromatic rings. The van der Waals surface area contributed by atoms with Gasteiger partial charge in [0.25, 0.3) is 5.91 Å². The average Bonchev–Trinajstić information content (AvgIpc) is 3.45. The Morgan fingerprint density at radius 2 is 1.56 bits per heavy atom. The molecule has 10 nitrogen and oxygen atoms in total. The molecule has 0 bridgehead atoms. The number of amides is 2. The van der Waals surface area contributed by atoms with E-state index in [0.717, 1.165) is 11.3 Å². The summed E-state index contributed by atoms with van der Waals surface area (Å²) in [6.07, 6.45) is 0.499. The van der Waals surface area contributed by atoms with Crippen LogP contribution in [0.25, 0.3) is 0 Å². The van der Waals surface area contributed by atoms with E-state index in [4.69, 9.17) is 14.2 Å². The van der Waals surface area contributed by atoms with Crippen molar-refractivity contribution in [2.24, 2.45) is 0 Å². The quantitative estimate of drug-likeness (QED) is 0.409. The Bertz CT molecular complexity index is 1460. The van der Waals surface area contributed by atoms with Crippen molar-refractivity contribution in [3.8, 4) is 23.3 Å². The van der Waals surface area contributed by atoms with Gasteiger partial charge in [-0.15, -0.1) is 0 Å². The number of hydrogen-bond acceptors (Lipinski definition) is 8. The number of anilines is 1. The molecule has 2 atom stereocenters. The minimum absolute atomic E-state index is 0.0636. The molecule has 43 heavy (non-hydrogen) atoms. The third-order valence-electron chi connectivity index (χ3n) is 8.14. The van der Waals surface area contributed by atoms with Crippen molar-refractivity contribution < 1.29 is 23.8 Å². The van der Waals surface area contributed by atoms with Gasteiger partial charge >= 0.3 is 0 Å². The normalized spacial score (nSPS) is 18.6. The first-order chi connectivity index (χ1) is 20.9. The van der Waals surface area contributed by atoms with Crippen LogP contribution in [0.3, 0.4) is 0 Å². The maximum Gasteiger partial charge on any atom is 0.251 e. The van der Waals surface area contributed by atoms with Gasteiger partial charge in [-0.05, 0) is 36.2 Å². The molecule has 3 aromatic carbocycles. The fraction of sp³-hybridized carbons (Fsp3) is 0.364. The van der Waals surface area contributed by atoms with Gasteiger partial charge in [-0.3, -0.25) is 14.5 Å². The number of carbonyl (C=O) groups is 2. The Hall–Kier alpha value is -4.75. The number of hydrogen-bond donors (Lipinski definition) is 1. The number of methoxy groups -OCH3 is 3. The van der Waals surface area contributed by atoms with Crippen molar-refractivity contribution in [2.75, 3.05) is 59.0 Å². The Labute approximate surface area is 252 Å². The van der Waals surface area contributed by atoms with Gasteiger partial charge in [0, 0.05) is 50.9 Å². The molecular weight excluding hydrogens is 546 g/mol. The maximum absolute atomic E-state index is 14.0. The van der Waals surface area contributed by atoms with Gasteiger partial charge in [-0.25, -0.2) is 0 Å². The monoisotopic (exact) mass is 583 g/mol. The molecule has 2 saturated heterocycles. The number of nitrogens with zero attached hydrogens (tertiary/aromatic N) is 4. The van der Waals surface area contributed by atoms with Crippen molar-refractivity contribution in [2.45, 2.75) is 25.0 Å². The molecular formula is C33H37N5O5. The highest BCUT2D eigenvalue weighted by molar-refractivity contribution is 5.96. The Morgan fingerprint density at radius 1 is 0.907 bits per heavy atom. The van der Waals surface area contributed by atoms with E-state index in [0.29, 0.717) is 74.1 Å². The molecule has 2 fully saturated rings. The van der Waals surface area contributed by atoms with Crippen LogP contribution >= 0.6 is 0 Å². The van der Waals surface area contributed by atoms with E-state index < -0.39 is 0 Å². The number of nitriles is 1. The Balaban J connectivity index is 1.30. The third-order valence-corrected chi connectivity index (χ3v) is 8.14. The van der Waals surface area contributed by atoms with E-state index in [-0.39, 0.29) is 23.9 Å². The lowest BCUT2D eigenvalue weighted by Crippen LogP contribution is -2.53. The SMILES string of the molecule is COc1cc(C(=O)NC2CC(C(=O)N3CCN(c4ccccc4C#N)CC3)N(Cc3ccccc3)C2)cc(OC)c1OC. The molecule has 224 valence electrons. The van der Waals surface area contributed by atoms with Gasteiger partial charge in [0.05, 0.1) is 38.6 Å². The number of rotatable bonds is 9. The van der Waals surface area contributed by atoms with Crippen LogP contribution < -0.4 is 24.4 Å². The number of para-hydroxylation sites is 1. The molecule has 2 aliphatic heterocycles. The summed E-state index contributed by atoms with van der Waals surface area (Å²) in [6, 6.07) is 22.5. The van der Waals surface area contributed by atoms with Crippen molar-refractivity contribution in [1.29, 1.82) is 5.26 Å². The second-order valence-electron chi connectivity index (χ2n) is 10.7. The second kappa shape index (κ2) is 13.5. The molecule has 0 spiro atoms. The summed E-state index contributed by atoms with van der Waals surface area (Å²) in [7, 11) is 4.54. The van der Waals surface area contributed by atoms with Crippen LogP contribution in [0.5, 0.6) is 17.2 Å². The van der Waals surface area contributed by atoms with E-state index in [1.807, 2.05) is 47.4 Å². The van der Waals surface area contributed by atoms with Crippen molar-refractivity contribution in [3.05, 3.63) is 83.4 Å². The molecule has 0 radical (unpaired) electrons. The van der Waals surface area contributed by atoms with Gasteiger partial charge in [0.2, 0.25) is 11.7 Å². The highest BCUT2D eigenvalue weighted by atomic mass is 16.5. The van der Waals surface area contributed by atoms with Crippen molar-refractivity contribution >= 4 is 17.5 Å². The lowest BCUT2D eigenvalue weighted by Gasteiger charge is -2.38. The third kappa shape index (κ3) is 6.52. The van der Waals surface area contributed by atoms with Crippen LogP contribution in [-0.2, 0) is 11.3 Å². The lowest BCUT2D eigenvalue weighted by molar-refractivity contribution is -0.136. The average molecular weight is 584 g/mol. The van der Waals surface area contributed by atoms with E-state index in [9.17, 15) is 14.9 Å². The summed E-state index contributed by atoms with van der Waals surface area (Å²) in [5.74, 6) is 0.997. The van der Waals surface area contributed by atoms with E-state index in [2.05, 4.69) is 33.3 Å². The van der Waals surface area contributed by atoms with E-state index >= 15 is 0 Å². The number of ether oxygens (including phenoxy) is 3. The van der Waals surface area contributed by atoms with Crippen molar-refractivity contribution in [1.82, 2.24) is 15.1 Å². The molecule has 2 heterocycles. The minimum Gasteiger partial charge on any atom is -0.493 e. The molecule has 0 saturated carbocycles. The van der Waals surface area contributed by atoms with Crippen LogP contribution in [0.1, 0.15) is 27.9 Å². The van der Waals surface area contributed by atoms with Gasteiger partial charge in [-0.2, -0.15) is 5.26 Å². The van der Waals surface area contributed by atoms with Crippen LogP contribution in [-0.4, -0.2) is 87.8 Å². The predicted molar refractivity (Wildman–Crippen MR) is 163 cm³/mol. The zero-order chi connectivity index (χ0) is 30.3. The molecule has 1 N–H and O–H groups in total. The number of benzene rings is 3. The molecule has 2 unspecified atom stereocenters. The summed E-state index contributed by atoms with van der Waals surface area (Å²) < 4.78 is 16.2. The number of nitrogens with one attached hydrogen (secondary N) is 1. The van der Waals surface area contributed by atoms with Crippen LogP contribution in [0.15, 0.2) is 66.7 Å². The number of carbonyl (C=O) groups excluding carboxylic acids is 2. The fourth-order valence-corrected chi connectivity index (χ4v) is 5.96. The predicted octanol–water partition coefficient (Wildman–Crippen LogP) is 3.31. The first kappa shape index (κ1) is 29.7. The summed E-state index contributed by atoms with van der Waals surface area (Å²) >= 11 is 0. The first-order valence-corrected chi connectivity index (χ1v) is 14.4. The molecule has 0 aliphatic carbocycles. The van der Waals surface area contributed by atoms with Gasteiger partial charge in [-0.1, -0.05) is 42.5 Å². The molecule has 0 aromatic heterocycles. The largest absolute Gasteiger partial charge is 0.493 e. The van der Waals surface area contributed by atoms with Crippen LogP contribution in [0.4, 0.5) is 5.69 Å². The standard InChI is InChI=1S/C33H37N5O5/c1-41-29-17-25(18-30(42-2)31(29)43-3)32(39)35-26-19-28(38(22-26)21-23-9-5-4-6-10-23)33(40)37-15-13-36(14-16-37)27-12-8-7-11-24(27)20-34/h4-12,17-18,26,28H,13-16,19,21-22H2,1-3H3,(H,35,39). The highest BCUT2D eigenvalue weighted by Gasteiger charge is 2.40. The number of likely N-dealkylation sites (tertiary alicyclic amines) is 1. The fourth-order valence-electron chi connectivity index (χ4n) is 5.96.